The Kier molecular flexibility index (Phi) is 5.29. The number of fused-ring (bicyclic) bond motifs is 1. The average Bonchev–Trinajstić information content (AvgIpc) is 2.42. The molecule has 0 aromatic heterocycles. The predicted octanol–water partition coefficient (Wildman–Crippen LogP) is 2.76. The van der Waals surface area contributed by atoms with Crippen LogP contribution < -0.4 is 10.6 Å². The second-order valence-corrected chi connectivity index (χ2v) is 5.96. The molecule has 0 radical (unpaired) electrons. The van der Waals surface area contributed by atoms with E-state index in [9.17, 15) is 18.0 Å². The van der Waals surface area contributed by atoms with Crippen LogP contribution in [0.1, 0.15) is 51.4 Å². The van der Waals surface area contributed by atoms with E-state index in [2.05, 4.69) is 10.6 Å². The van der Waals surface area contributed by atoms with Gasteiger partial charge >= 0.3 is 6.18 Å². The summed E-state index contributed by atoms with van der Waals surface area (Å²) >= 11 is 0. The van der Waals surface area contributed by atoms with Gasteiger partial charge in [0.05, 0.1) is 6.04 Å². The van der Waals surface area contributed by atoms with E-state index in [0.29, 0.717) is 12.0 Å². The molecule has 1 saturated carbocycles. The summed E-state index contributed by atoms with van der Waals surface area (Å²) in [5.74, 6) is 0.536. The topological polar surface area (TPSA) is 41.1 Å². The normalized spacial score (nSPS) is 30.6. The van der Waals surface area contributed by atoms with Crippen LogP contribution in [0.2, 0.25) is 0 Å². The summed E-state index contributed by atoms with van der Waals surface area (Å²) in [6.07, 6.45) is 1.66. The van der Waals surface area contributed by atoms with Crippen LogP contribution in [0.4, 0.5) is 13.2 Å². The van der Waals surface area contributed by atoms with Gasteiger partial charge < -0.3 is 10.6 Å². The summed E-state index contributed by atoms with van der Waals surface area (Å²) in [4.78, 5) is 11.9. The van der Waals surface area contributed by atoms with Gasteiger partial charge in [0, 0.05) is 19.0 Å². The minimum absolute atomic E-state index is 0.0476. The summed E-state index contributed by atoms with van der Waals surface area (Å²) in [5, 5.41) is 6.00. The molecule has 1 amide bonds. The molecular weight excluding hydrogens is 269 g/mol. The van der Waals surface area contributed by atoms with Crippen LogP contribution in [0, 0.1) is 5.92 Å². The minimum Gasteiger partial charge on any atom is -0.355 e. The molecule has 0 spiro atoms. The van der Waals surface area contributed by atoms with Crippen LogP contribution in [-0.2, 0) is 4.79 Å². The van der Waals surface area contributed by atoms with Crippen LogP contribution in [0.5, 0.6) is 0 Å². The zero-order valence-electron chi connectivity index (χ0n) is 11.6. The Hall–Kier alpha value is -0.780. The molecular formula is C14H23F3N2O. The first kappa shape index (κ1) is 15.6. The van der Waals surface area contributed by atoms with Crippen LogP contribution in [0.3, 0.4) is 0 Å². The number of hydrogen-bond donors (Lipinski definition) is 2. The van der Waals surface area contributed by atoms with E-state index in [4.69, 9.17) is 0 Å². The van der Waals surface area contributed by atoms with Crippen LogP contribution in [-0.4, -0.2) is 30.7 Å². The first-order chi connectivity index (χ1) is 9.46. The van der Waals surface area contributed by atoms with Gasteiger partial charge in [0.1, 0.15) is 0 Å². The SMILES string of the molecule is O=C(NCCCC(F)(F)F)C1CCC2CCCCC2N1. The van der Waals surface area contributed by atoms with Gasteiger partial charge in [0.15, 0.2) is 0 Å². The Morgan fingerprint density at radius 2 is 1.90 bits per heavy atom. The molecule has 2 N–H and O–H groups in total. The summed E-state index contributed by atoms with van der Waals surface area (Å²) in [6.45, 7) is 0.102. The van der Waals surface area contributed by atoms with E-state index >= 15 is 0 Å². The van der Waals surface area contributed by atoms with E-state index in [1.54, 1.807) is 0 Å². The molecule has 0 aromatic carbocycles. The van der Waals surface area contributed by atoms with E-state index in [0.717, 1.165) is 19.3 Å². The van der Waals surface area contributed by atoms with Crippen molar-refractivity contribution in [3.63, 3.8) is 0 Å². The van der Waals surface area contributed by atoms with Gasteiger partial charge in [-0.3, -0.25) is 4.79 Å². The number of hydrogen-bond acceptors (Lipinski definition) is 2. The summed E-state index contributed by atoms with van der Waals surface area (Å²) in [6, 6.07) is 0.198. The first-order valence-corrected chi connectivity index (χ1v) is 7.56. The van der Waals surface area contributed by atoms with Gasteiger partial charge in [-0.15, -0.1) is 0 Å². The lowest BCUT2D eigenvalue weighted by atomic mass is 9.77. The van der Waals surface area contributed by atoms with Gasteiger partial charge in [0.25, 0.3) is 0 Å². The number of carbonyl (C=O) groups is 1. The second-order valence-electron chi connectivity index (χ2n) is 5.96. The number of piperidine rings is 1. The highest BCUT2D eigenvalue weighted by molar-refractivity contribution is 5.81. The zero-order valence-corrected chi connectivity index (χ0v) is 11.6. The molecule has 116 valence electrons. The van der Waals surface area contributed by atoms with Gasteiger partial charge in [-0.05, 0) is 38.0 Å². The zero-order chi connectivity index (χ0) is 14.6. The molecule has 3 atom stereocenters. The second kappa shape index (κ2) is 6.78. The van der Waals surface area contributed by atoms with Crippen molar-refractivity contribution in [2.75, 3.05) is 6.54 Å². The minimum atomic E-state index is -4.14. The highest BCUT2D eigenvalue weighted by Crippen LogP contribution is 2.32. The van der Waals surface area contributed by atoms with Gasteiger partial charge in [-0.25, -0.2) is 0 Å². The lowest BCUT2D eigenvalue weighted by Crippen LogP contribution is -2.55. The van der Waals surface area contributed by atoms with Crippen molar-refractivity contribution < 1.29 is 18.0 Å². The molecule has 1 aliphatic carbocycles. The molecule has 1 aliphatic heterocycles. The van der Waals surface area contributed by atoms with E-state index < -0.39 is 12.6 Å². The maximum Gasteiger partial charge on any atom is 0.389 e. The molecule has 6 heteroatoms. The van der Waals surface area contributed by atoms with Gasteiger partial charge in [-0.2, -0.15) is 13.2 Å². The molecule has 0 aromatic rings. The van der Waals surface area contributed by atoms with Crippen molar-refractivity contribution in [3.8, 4) is 0 Å². The Balaban J connectivity index is 1.68. The molecule has 1 saturated heterocycles. The van der Waals surface area contributed by atoms with Gasteiger partial charge in [-0.1, -0.05) is 12.8 Å². The third-order valence-electron chi connectivity index (χ3n) is 4.40. The highest BCUT2D eigenvalue weighted by Gasteiger charge is 2.34. The predicted molar refractivity (Wildman–Crippen MR) is 70.2 cm³/mol. The molecule has 1 heterocycles. The molecule has 3 unspecified atom stereocenters. The lowest BCUT2D eigenvalue weighted by Gasteiger charge is -2.39. The summed E-state index contributed by atoms with van der Waals surface area (Å²) in [5.41, 5.74) is 0. The van der Waals surface area contributed by atoms with Crippen molar-refractivity contribution in [1.82, 2.24) is 10.6 Å². The molecule has 20 heavy (non-hydrogen) atoms. The van der Waals surface area contributed by atoms with Crippen molar-refractivity contribution >= 4 is 5.91 Å². The molecule has 2 rings (SSSR count). The van der Waals surface area contributed by atoms with Crippen LogP contribution >= 0.6 is 0 Å². The molecule has 2 fully saturated rings. The number of rotatable bonds is 4. The first-order valence-electron chi connectivity index (χ1n) is 7.56. The Labute approximate surface area is 117 Å². The highest BCUT2D eigenvalue weighted by atomic mass is 19.4. The lowest BCUT2D eigenvalue weighted by molar-refractivity contribution is -0.136. The quantitative estimate of drug-likeness (QED) is 0.782. The van der Waals surface area contributed by atoms with E-state index in [-0.39, 0.29) is 24.9 Å². The van der Waals surface area contributed by atoms with Gasteiger partial charge in [0.2, 0.25) is 5.91 Å². The maximum atomic E-state index is 12.0. The van der Waals surface area contributed by atoms with E-state index in [1.165, 1.54) is 19.3 Å². The van der Waals surface area contributed by atoms with Crippen LogP contribution in [0.25, 0.3) is 0 Å². The summed E-state index contributed by atoms with van der Waals surface area (Å²) < 4.78 is 36.0. The smallest absolute Gasteiger partial charge is 0.355 e. The number of amides is 1. The third kappa shape index (κ3) is 4.65. The molecule has 3 nitrogen and oxygen atoms in total. The number of carbonyl (C=O) groups excluding carboxylic acids is 1. The standard InChI is InChI=1S/C14H23F3N2O/c15-14(16,17)8-3-9-18-13(20)12-7-6-10-4-1-2-5-11(10)19-12/h10-12,19H,1-9H2,(H,18,20). The van der Waals surface area contributed by atoms with Crippen molar-refractivity contribution in [3.05, 3.63) is 0 Å². The van der Waals surface area contributed by atoms with E-state index in [1.807, 2.05) is 0 Å². The Morgan fingerprint density at radius 3 is 2.65 bits per heavy atom. The van der Waals surface area contributed by atoms with Crippen molar-refractivity contribution in [2.45, 2.75) is 69.6 Å². The summed E-state index contributed by atoms with van der Waals surface area (Å²) in [7, 11) is 0. The largest absolute Gasteiger partial charge is 0.389 e. The Bertz CT molecular complexity index is 333. The van der Waals surface area contributed by atoms with Crippen molar-refractivity contribution in [2.24, 2.45) is 5.92 Å². The number of alkyl halides is 3. The fourth-order valence-electron chi connectivity index (χ4n) is 3.33. The molecule has 0 bridgehead atoms. The Morgan fingerprint density at radius 1 is 1.15 bits per heavy atom. The van der Waals surface area contributed by atoms with Crippen molar-refractivity contribution in [1.29, 1.82) is 0 Å². The third-order valence-corrected chi connectivity index (χ3v) is 4.40. The monoisotopic (exact) mass is 292 g/mol. The average molecular weight is 292 g/mol. The fourth-order valence-corrected chi connectivity index (χ4v) is 3.33. The van der Waals surface area contributed by atoms with Crippen LogP contribution in [0.15, 0.2) is 0 Å². The number of nitrogens with one attached hydrogen (secondary N) is 2. The maximum absolute atomic E-state index is 12.0. The fraction of sp³-hybridized carbons (Fsp3) is 0.929. The number of halogens is 3. The molecule has 2 aliphatic rings.